The summed E-state index contributed by atoms with van der Waals surface area (Å²) in [7, 11) is 3.76. The van der Waals surface area contributed by atoms with Crippen molar-refractivity contribution in [2.75, 3.05) is 27.2 Å². The first-order chi connectivity index (χ1) is 10.1. The van der Waals surface area contributed by atoms with Crippen LogP contribution in [0.5, 0.6) is 5.75 Å². The molecular formula is C15H20Cl3NO4. The Hall–Kier alpha value is -1.01. The minimum Gasteiger partial charge on any atom is -0.480 e. The summed E-state index contributed by atoms with van der Waals surface area (Å²) in [5.74, 6) is -1.13. The van der Waals surface area contributed by atoms with Gasteiger partial charge in [-0.05, 0) is 26.2 Å². The van der Waals surface area contributed by atoms with Gasteiger partial charge in [-0.3, -0.25) is 4.79 Å². The van der Waals surface area contributed by atoms with Crippen molar-refractivity contribution in [2.24, 2.45) is 5.41 Å². The predicted molar refractivity (Wildman–Crippen MR) is 93.5 cm³/mol. The quantitative estimate of drug-likeness (QED) is 0.727. The van der Waals surface area contributed by atoms with Gasteiger partial charge in [0.15, 0.2) is 12.4 Å². The number of carbonyl (C=O) groups is 2. The number of halogens is 3. The van der Waals surface area contributed by atoms with Gasteiger partial charge >= 0.3 is 5.97 Å². The average Bonchev–Trinajstić information content (AvgIpc) is 2.38. The molecule has 0 aliphatic rings. The molecule has 5 nitrogen and oxygen atoms in total. The van der Waals surface area contributed by atoms with Crippen LogP contribution in [0.25, 0.3) is 0 Å². The summed E-state index contributed by atoms with van der Waals surface area (Å²) in [6, 6.07) is 2.96. The summed E-state index contributed by atoms with van der Waals surface area (Å²) in [6.07, 6.45) is 0. The predicted octanol–water partition coefficient (Wildman–Crippen LogP) is 3.65. The number of ketones is 1. The number of hydrogen-bond donors (Lipinski definition) is 1. The highest BCUT2D eigenvalue weighted by Crippen LogP contribution is 2.37. The maximum Gasteiger partial charge on any atom is 0.341 e. The van der Waals surface area contributed by atoms with Crippen LogP contribution in [-0.4, -0.2) is 49.0 Å². The molecule has 0 heterocycles. The summed E-state index contributed by atoms with van der Waals surface area (Å²) in [4.78, 5) is 25.1. The Bertz CT molecular complexity index is 588. The smallest absolute Gasteiger partial charge is 0.341 e. The topological polar surface area (TPSA) is 66.8 Å². The Morgan fingerprint density at radius 1 is 1.22 bits per heavy atom. The van der Waals surface area contributed by atoms with E-state index in [4.69, 9.17) is 33.0 Å². The van der Waals surface area contributed by atoms with E-state index in [0.29, 0.717) is 12.1 Å². The Balaban J connectivity index is 0.00000484. The molecule has 0 atom stereocenters. The van der Waals surface area contributed by atoms with Crippen molar-refractivity contribution in [1.82, 2.24) is 4.90 Å². The van der Waals surface area contributed by atoms with Crippen molar-refractivity contribution in [3.05, 3.63) is 27.7 Å². The molecule has 1 rings (SSSR count). The molecule has 0 unspecified atom stereocenters. The second-order valence-corrected chi connectivity index (χ2v) is 6.63. The van der Waals surface area contributed by atoms with Crippen LogP contribution in [0.4, 0.5) is 0 Å². The fraction of sp³-hybridized carbons (Fsp3) is 0.467. The minimum atomic E-state index is -1.13. The van der Waals surface area contributed by atoms with Gasteiger partial charge < -0.3 is 14.7 Å². The summed E-state index contributed by atoms with van der Waals surface area (Å²) < 4.78 is 5.03. The van der Waals surface area contributed by atoms with E-state index in [1.165, 1.54) is 12.1 Å². The van der Waals surface area contributed by atoms with Crippen molar-refractivity contribution in [1.29, 1.82) is 0 Å². The van der Waals surface area contributed by atoms with Gasteiger partial charge in [0.1, 0.15) is 10.8 Å². The number of benzene rings is 1. The lowest BCUT2D eigenvalue weighted by Crippen LogP contribution is -2.35. The van der Waals surface area contributed by atoms with Gasteiger partial charge in [-0.1, -0.05) is 37.0 Å². The lowest BCUT2D eigenvalue weighted by molar-refractivity contribution is -0.139. The van der Waals surface area contributed by atoms with E-state index < -0.39 is 18.0 Å². The first kappa shape index (κ1) is 22.0. The Morgan fingerprint density at radius 3 is 2.26 bits per heavy atom. The summed E-state index contributed by atoms with van der Waals surface area (Å²) in [5.41, 5.74) is -0.346. The zero-order valence-corrected chi connectivity index (χ0v) is 15.7. The van der Waals surface area contributed by atoms with Crippen LogP contribution in [-0.2, 0) is 4.79 Å². The second-order valence-electron chi connectivity index (χ2n) is 5.87. The van der Waals surface area contributed by atoms with E-state index in [0.717, 1.165) is 0 Å². The number of hydrogen-bond acceptors (Lipinski definition) is 4. The number of carbonyl (C=O) groups excluding carboxylic acids is 1. The van der Waals surface area contributed by atoms with Crippen molar-refractivity contribution in [2.45, 2.75) is 13.8 Å². The lowest BCUT2D eigenvalue weighted by Gasteiger charge is -2.27. The number of Topliss-reactive ketones (excluding diaryl/α,β-unsaturated/α-hetero) is 1. The fourth-order valence-electron chi connectivity index (χ4n) is 2.19. The maximum atomic E-state index is 12.6. The van der Waals surface area contributed by atoms with Gasteiger partial charge in [-0.2, -0.15) is 0 Å². The van der Waals surface area contributed by atoms with Crippen LogP contribution in [0.1, 0.15) is 24.2 Å². The summed E-state index contributed by atoms with van der Waals surface area (Å²) in [6.45, 7) is 3.68. The van der Waals surface area contributed by atoms with Crippen LogP contribution in [0, 0.1) is 5.41 Å². The zero-order chi connectivity index (χ0) is 17.1. The molecular weight excluding hydrogens is 365 g/mol. The standard InChI is InChI=1S/C15H19Cl2NO4.ClH/c1-15(2,8-18(3)4)14(21)9-5-6-10(13(17)12(9)16)22-7-11(19)20;/h5-6H,7-8H2,1-4H3,(H,19,20);1H. The minimum absolute atomic E-state index is 0. The molecule has 130 valence electrons. The molecule has 8 heteroatoms. The van der Waals surface area contributed by atoms with Crippen LogP contribution >= 0.6 is 35.6 Å². The first-order valence-electron chi connectivity index (χ1n) is 6.58. The van der Waals surface area contributed by atoms with E-state index in [-0.39, 0.29) is 34.0 Å². The third-order valence-corrected chi connectivity index (χ3v) is 3.83. The van der Waals surface area contributed by atoms with Crippen LogP contribution in [0.15, 0.2) is 12.1 Å². The molecule has 0 amide bonds. The number of nitrogens with zero attached hydrogens (tertiary/aromatic N) is 1. The van der Waals surface area contributed by atoms with Crippen LogP contribution in [0.3, 0.4) is 0 Å². The van der Waals surface area contributed by atoms with E-state index in [9.17, 15) is 9.59 Å². The molecule has 0 saturated carbocycles. The SMILES string of the molecule is CN(C)CC(C)(C)C(=O)c1ccc(OCC(=O)O)c(Cl)c1Cl.Cl. The van der Waals surface area contributed by atoms with Crippen LogP contribution < -0.4 is 4.74 Å². The average molecular weight is 385 g/mol. The monoisotopic (exact) mass is 383 g/mol. The van der Waals surface area contributed by atoms with Gasteiger partial charge in [0.05, 0.1) is 5.02 Å². The van der Waals surface area contributed by atoms with Crippen molar-refractivity contribution >= 4 is 47.4 Å². The molecule has 0 spiro atoms. The third-order valence-electron chi connectivity index (χ3n) is 2.97. The van der Waals surface area contributed by atoms with Crippen molar-refractivity contribution in [3.63, 3.8) is 0 Å². The molecule has 1 N–H and O–H groups in total. The van der Waals surface area contributed by atoms with Gasteiger partial charge in [-0.15, -0.1) is 12.4 Å². The molecule has 0 aromatic heterocycles. The number of ether oxygens (including phenoxy) is 1. The number of carboxylic acid groups (broad SMARTS) is 1. The molecule has 1 aromatic rings. The first-order valence-corrected chi connectivity index (χ1v) is 7.34. The molecule has 23 heavy (non-hydrogen) atoms. The molecule has 0 bridgehead atoms. The number of aliphatic carboxylic acids is 1. The zero-order valence-electron chi connectivity index (χ0n) is 13.4. The molecule has 1 aromatic carbocycles. The highest BCUT2D eigenvalue weighted by Gasteiger charge is 2.31. The fourth-order valence-corrected chi connectivity index (χ4v) is 2.65. The largest absolute Gasteiger partial charge is 0.480 e. The number of carboxylic acids is 1. The lowest BCUT2D eigenvalue weighted by atomic mass is 9.84. The number of rotatable bonds is 7. The maximum absolute atomic E-state index is 12.6. The molecule has 0 aliphatic heterocycles. The summed E-state index contributed by atoms with van der Waals surface area (Å²) >= 11 is 12.2. The van der Waals surface area contributed by atoms with Crippen molar-refractivity contribution in [3.8, 4) is 5.75 Å². The summed E-state index contributed by atoms with van der Waals surface area (Å²) in [5, 5.41) is 8.72. The van der Waals surface area contributed by atoms with Gasteiger partial charge in [-0.25, -0.2) is 4.79 Å². The highest BCUT2D eigenvalue weighted by molar-refractivity contribution is 6.45. The third kappa shape index (κ3) is 5.84. The second kappa shape index (κ2) is 8.73. The van der Waals surface area contributed by atoms with Crippen LogP contribution in [0.2, 0.25) is 10.0 Å². The molecule has 0 aliphatic carbocycles. The van der Waals surface area contributed by atoms with E-state index in [2.05, 4.69) is 0 Å². The Morgan fingerprint density at radius 2 is 1.78 bits per heavy atom. The molecule has 0 fully saturated rings. The normalized spacial score (nSPS) is 11.1. The van der Waals surface area contributed by atoms with E-state index in [1.807, 2.05) is 32.8 Å². The van der Waals surface area contributed by atoms with Gasteiger partial charge in [0.25, 0.3) is 0 Å². The Kier molecular flexibility index (Phi) is 8.35. The molecule has 0 saturated heterocycles. The molecule has 0 radical (unpaired) electrons. The van der Waals surface area contributed by atoms with Gasteiger partial charge in [0, 0.05) is 17.5 Å². The van der Waals surface area contributed by atoms with E-state index >= 15 is 0 Å². The van der Waals surface area contributed by atoms with Gasteiger partial charge in [0.2, 0.25) is 0 Å². The Labute approximate surface area is 151 Å². The van der Waals surface area contributed by atoms with Crippen molar-refractivity contribution < 1.29 is 19.4 Å². The van der Waals surface area contributed by atoms with E-state index in [1.54, 1.807) is 0 Å². The highest BCUT2D eigenvalue weighted by atomic mass is 35.5.